The molecule has 0 bridgehead atoms. The Balaban J connectivity index is 2.11. The molecule has 4 N–H and O–H groups in total. The number of urea groups is 1. The molecule has 5 nitrogen and oxygen atoms in total. The summed E-state index contributed by atoms with van der Waals surface area (Å²) < 4.78 is 13.8. The van der Waals surface area contributed by atoms with Gasteiger partial charge in [0.15, 0.2) is 0 Å². The van der Waals surface area contributed by atoms with E-state index in [1.165, 1.54) is 6.07 Å². The Hall–Kier alpha value is -2.89. The molecule has 0 aliphatic carbocycles. The summed E-state index contributed by atoms with van der Waals surface area (Å²) in [5.41, 5.74) is 7.40. The van der Waals surface area contributed by atoms with Gasteiger partial charge in [0.05, 0.1) is 18.5 Å². The van der Waals surface area contributed by atoms with Crippen LogP contribution in [0.1, 0.15) is 42.1 Å². The highest BCUT2D eigenvalue weighted by Gasteiger charge is 2.21. The number of carbonyl (C=O) groups excluding carboxylic acids is 2. The molecule has 25 heavy (non-hydrogen) atoms. The van der Waals surface area contributed by atoms with Gasteiger partial charge < -0.3 is 16.4 Å². The first-order chi connectivity index (χ1) is 11.9. The van der Waals surface area contributed by atoms with Gasteiger partial charge in [0, 0.05) is 5.56 Å². The van der Waals surface area contributed by atoms with Gasteiger partial charge in [-0.3, -0.25) is 4.79 Å². The summed E-state index contributed by atoms with van der Waals surface area (Å²) in [5, 5.41) is 5.36. The van der Waals surface area contributed by atoms with Gasteiger partial charge in [-0.15, -0.1) is 0 Å². The molecule has 0 aliphatic rings. The molecule has 2 atom stereocenters. The Morgan fingerprint density at radius 2 is 1.64 bits per heavy atom. The molecule has 2 rings (SSSR count). The number of benzene rings is 2. The minimum absolute atomic E-state index is 0.00653. The fourth-order valence-corrected chi connectivity index (χ4v) is 2.78. The number of nitrogens with two attached hydrogens (primary N) is 1. The van der Waals surface area contributed by atoms with Crippen molar-refractivity contribution in [2.24, 2.45) is 5.73 Å². The van der Waals surface area contributed by atoms with Gasteiger partial charge >= 0.3 is 6.03 Å². The zero-order valence-corrected chi connectivity index (χ0v) is 14.3. The van der Waals surface area contributed by atoms with E-state index in [0.29, 0.717) is 5.56 Å². The van der Waals surface area contributed by atoms with Crippen LogP contribution in [0.3, 0.4) is 0 Å². The molecule has 2 aromatic rings. The number of carbonyl (C=O) groups is 2. The molecule has 6 heteroatoms. The third-order valence-electron chi connectivity index (χ3n) is 4.02. The van der Waals surface area contributed by atoms with Crippen LogP contribution in [0.5, 0.6) is 0 Å². The SMILES string of the molecule is Cc1ccccc1[C@H](CC(=O)N[C@H](C)c1ccccc1F)NC(N)=O. The predicted molar refractivity (Wildman–Crippen MR) is 94.2 cm³/mol. The van der Waals surface area contributed by atoms with Gasteiger partial charge in [-0.05, 0) is 31.0 Å². The van der Waals surface area contributed by atoms with Crippen LogP contribution in [0.4, 0.5) is 9.18 Å². The highest BCUT2D eigenvalue weighted by atomic mass is 19.1. The van der Waals surface area contributed by atoms with E-state index < -0.39 is 18.1 Å². The summed E-state index contributed by atoms with van der Waals surface area (Å²) in [7, 11) is 0. The van der Waals surface area contributed by atoms with Crippen molar-refractivity contribution in [2.45, 2.75) is 32.4 Å². The number of halogens is 1. The molecule has 0 spiro atoms. The molecule has 2 aromatic carbocycles. The van der Waals surface area contributed by atoms with Crippen LogP contribution in [-0.2, 0) is 4.79 Å². The first-order valence-electron chi connectivity index (χ1n) is 8.03. The van der Waals surface area contributed by atoms with E-state index >= 15 is 0 Å². The maximum absolute atomic E-state index is 13.8. The number of primary amides is 1. The van der Waals surface area contributed by atoms with Gasteiger partial charge in [-0.2, -0.15) is 0 Å². The summed E-state index contributed by atoms with van der Waals surface area (Å²) in [4.78, 5) is 23.7. The van der Waals surface area contributed by atoms with E-state index in [2.05, 4.69) is 10.6 Å². The highest BCUT2D eigenvalue weighted by molar-refractivity contribution is 5.79. The second kappa shape index (κ2) is 8.28. The lowest BCUT2D eigenvalue weighted by molar-refractivity contribution is -0.122. The standard InChI is InChI=1S/C19H22FN3O2/c1-12-7-3-4-8-14(12)17(23-19(21)25)11-18(24)22-13(2)15-9-5-6-10-16(15)20/h3-10,13,17H,11H2,1-2H3,(H,22,24)(H3,21,23,25)/t13-,17+/m1/s1. The molecule has 0 unspecified atom stereocenters. The first-order valence-corrected chi connectivity index (χ1v) is 8.03. The van der Waals surface area contributed by atoms with Crippen molar-refractivity contribution in [2.75, 3.05) is 0 Å². The van der Waals surface area contributed by atoms with Gasteiger partial charge in [0.25, 0.3) is 0 Å². The predicted octanol–water partition coefficient (Wildman–Crippen LogP) is 3.11. The van der Waals surface area contributed by atoms with Crippen LogP contribution in [0.25, 0.3) is 0 Å². The molecular weight excluding hydrogens is 321 g/mol. The van der Waals surface area contributed by atoms with E-state index in [4.69, 9.17) is 5.73 Å². The summed E-state index contributed by atoms with van der Waals surface area (Å²) in [6, 6.07) is 12.0. The normalized spacial score (nSPS) is 12.9. The number of amides is 3. The fraction of sp³-hybridized carbons (Fsp3) is 0.263. The molecule has 0 radical (unpaired) electrons. The molecule has 0 aromatic heterocycles. The van der Waals surface area contributed by atoms with E-state index in [0.717, 1.165) is 11.1 Å². The Morgan fingerprint density at radius 1 is 1.04 bits per heavy atom. The van der Waals surface area contributed by atoms with Crippen molar-refractivity contribution in [3.63, 3.8) is 0 Å². The molecule has 0 aliphatic heterocycles. The summed E-state index contributed by atoms with van der Waals surface area (Å²) in [6.07, 6.45) is 0.00653. The van der Waals surface area contributed by atoms with Crippen LogP contribution in [-0.4, -0.2) is 11.9 Å². The Bertz CT molecular complexity index is 764. The number of nitrogens with one attached hydrogen (secondary N) is 2. The first kappa shape index (κ1) is 18.4. The summed E-state index contributed by atoms with van der Waals surface area (Å²) in [5.74, 6) is -0.682. The lowest BCUT2D eigenvalue weighted by Crippen LogP contribution is -2.37. The van der Waals surface area contributed by atoms with Crippen LogP contribution >= 0.6 is 0 Å². The van der Waals surface area contributed by atoms with Gasteiger partial charge in [0.2, 0.25) is 5.91 Å². The Kier molecular flexibility index (Phi) is 6.11. The summed E-state index contributed by atoms with van der Waals surface area (Å²) in [6.45, 7) is 3.60. The molecule has 0 fully saturated rings. The van der Waals surface area contributed by atoms with Crippen molar-refractivity contribution in [3.05, 3.63) is 71.0 Å². The molecule has 3 amide bonds. The van der Waals surface area contributed by atoms with E-state index in [-0.39, 0.29) is 18.1 Å². The fourth-order valence-electron chi connectivity index (χ4n) is 2.78. The van der Waals surface area contributed by atoms with Crippen molar-refractivity contribution >= 4 is 11.9 Å². The third kappa shape index (κ3) is 5.04. The third-order valence-corrected chi connectivity index (χ3v) is 4.02. The van der Waals surface area contributed by atoms with Crippen LogP contribution in [0, 0.1) is 12.7 Å². The molecule has 0 saturated carbocycles. The Morgan fingerprint density at radius 3 is 2.24 bits per heavy atom. The maximum Gasteiger partial charge on any atom is 0.312 e. The molecular formula is C19H22FN3O2. The van der Waals surface area contributed by atoms with Crippen LogP contribution in [0.15, 0.2) is 48.5 Å². The number of aryl methyl sites for hydroxylation is 1. The van der Waals surface area contributed by atoms with E-state index in [1.807, 2.05) is 31.2 Å². The topological polar surface area (TPSA) is 84.2 Å². The molecule has 0 saturated heterocycles. The average molecular weight is 343 g/mol. The van der Waals surface area contributed by atoms with Gasteiger partial charge in [-0.25, -0.2) is 9.18 Å². The quantitative estimate of drug-likeness (QED) is 0.753. The van der Waals surface area contributed by atoms with Crippen molar-refractivity contribution < 1.29 is 14.0 Å². The summed E-state index contributed by atoms with van der Waals surface area (Å²) >= 11 is 0. The largest absolute Gasteiger partial charge is 0.352 e. The second-order valence-electron chi connectivity index (χ2n) is 5.93. The number of hydrogen-bond donors (Lipinski definition) is 3. The van der Waals surface area contributed by atoms with E-state index in [9.17, 15) is 14.0 Å². The van der Waals surface area contributed by atoms with Crippen LogP contribution in [0.2, 0.25) is 0 Å². The highest BCUT2D eigenvalue weighted by Crippen LogP contribution is 2.22. The second-order valence-corrected chi connectivity index (χ2v) is 5.93. The maximum atomic E-state index is 13.8. The lowest BCUT2D eigenvalue weighted by atomic mass is 9.98. The minimum atomic E-state index is -0.705. The van der Waals surface area contributed by atoms with E-state index in [1.54, 1.807) is 25.1 Å². The monoisotopic (exact) mass is 343 g/mol. The zero-order valence-electron chi connectivity index (χ0n) is 14.3. The molecule has 132 valence electrons. The average Bonchev–Trinajstić information content (AvgIpc) is 2.54. The zero-order chi connectivity index (χ0) is 18.4. The smallest absolute Gasteiger partial charge is 0.312 e. The lowest BCUT2D eigenvalue weighted by Gasteiger charge is -2.21. The van der Waals surface area contributed by atoms with Crippen molar-refractivity contribution in [1.82, 2.24) is 10.6 Å². The van der Waals surface area contributed by atoms with Crippen molar-refractivity contribution in [1.29, 1.82) is 0 Å². The van der Waals surface area contributed by atoms with Gasteiger partial charge in [0.1, 0.15) is 5.82 Å². The van der Waals surface area contributed by atoms with Gasteiger partial charge in [-0.1, -0.05) is 42.5 Å². The number of rotatable bonds is 6. The number of hydrogen-bond acceptors (Lipinski definition) is 2. The van der Waals surface area contributed by atoms with Crippen LogP contribution < -0.4 is 16.4 Å². The Labute approximate surface area is 146 Å². The molecule has 0 heterocycles. The van der Waals surface area contributed by atoms with Crippen molar-refractivity contribution in [3.8, 4) is 0 Å². The minimum Gasteiger partial charge on any atom is -0.352 e.